The second-order valence-corrected chi connectivity index (χ2v) is 6.70. The van der Waals surface area contributed by atoms with Crippen molar-refractivity contribution in [1.82, 2.24) is 10.2 Å². The van der Waals surface area contributed by atoms with Gasteiger partial charge in [-0.2, -0.15) is 0 Å². The van der Waals surface area contributed by atoms with Crippen molar-refractivity contribution in [1.29, 1.82) is 0 Å². The molecule has 0 aliphatic carbocycles. The van der Waals surface area contributed by atoms with Gasteiger partial charge >= 0.3 is 0 Å². The van der Waals surface area contributed by atoms with E-state index in [-0.39, 0.29) is 0 Å². The van der Waals surface area contributed by atoms with E-state index in [0.29, 0.717) is 12.1 Å². The topological polar surface area (TPSA) is 15.3 Å². The zero-order valence-corrected chi connectivity index (χ0v) is 12.8. The molecule has 0 amide bonds. The molecule has 2 nitrogen and oxygen atoms in total. The monoisotopic (exact) mass is 280 g/mol. The van der Waals surface area contributed by atoms with Crippen LogP contribution in [0.15, 0.2) is 42.5 Å². The van der Waals surface area contributed by atoms with Gasteiger partial charge in [0, 0.05) is 31.2 Å². The van der Waals surface area contributed by atoms with Gasteiger partial charge in [-0.05, 0) is 48.6 Å². The maximum atomic E-state index is 3.78. The van der Waals surface area contributed by atoms with Gasteiger partial charge in [-0.15, -0.1) is 0 Å². The van der Waals surface area contributed by atoms with Crippen LogP contribution in [0.3, 0.4) is 0 Å². The zero-order chi connectivity index (χ0) is 14.2. The largest absolute Gasteiger partial charge is 0.310 e. The normalized spacial score (nSPS) is 27.7. The zero-order valence-electron chi connectivity index (χ0n) is 12.8. The minimum atomic E-state index is 0.510. The van der Waals surface area contributed by atoms with Crippen LogP contribution in [-0.4, -0.2) is 30.1 Å². The summed E-state index contributed by atoms with van der Waals surface area (Å²) in [6.07, 6.45) is 4.03. The second kappa shape index (κ2) is 5.43. The second-order valence-electron chi connectivity index (χ2n) is 6.70. The summed E-state index contributed by atoms with van der Waals surface area (Å²) in [4.78, 5) is 2.67. The molecule has 110 valence electrons. The molecule has 4 rings (SSSR count). The van der Waals surface area contributed by atoms with Gasteiger partial charge in [-0.1, -0.05) is 36.4 Å². The number of nitrogens with one attached hydrogen (secondary N) is 1. The molecule has 2 bridgehead atoms. The Balaban J connectivity index is 1.58. The maximum absolute atomic E-state index is 3.78. The van der Waals surface area contributed by atoms with E-state index in [4.69, 9.17) is 0 Å². The van der Waals surface area contributed by atoms with Crippen LogP contribution in [0.1, 0.15) is 37.8 Å². The van der Waals surface area contributed by atoms with Crippen molar-refractivity contribution in [3.63, 3.8) is 0 Å². The number of rotatable bonds is 2. The van der Waals surface area contributed by atoms with Crippen molar-refractivity contribution < 1.29 is 0 Å². The highest BCUT2D eigenvalue weighted by Crippen LogP contribution is 2.28. The molecular formula is C19H24N2. The van der Waals surface area contributed by atoms with Crippen LogP contribution in [0.25, 0.3) is 10.8 Å². The lowest BCUT2D eigenvalue weighted by atomic mass is 10.00. The van der Waals surface area contributed by atoms with Gasteiger partial charge in [0.1, 0.15) is 0 Å². The Morgan fingerprint density at radius 2 is 1.81 bits per heavy atom. The molecule has 21 heavy (non-hydrogen) atoms. The summed E-state index contributed by atoms with van der Waals surface area (Å²) < 4.78 is 0. The van der Waals surface area contributed by atoms with E-state index in [0.717, 1.165) is 6.04 Å². The summed E-state index contributed by atoms with van der Waals surface area (Å²) in [5, 5.41) is 6.47. The minimum absolute atomic E-state index is 0.510. The van der Waals surface area contributed by atoms with E-state index in [1.807, 2.05) is 0 Å². The Hall–Kier alpha value is -1.38. The highest BCUT2D eigenvalue weighted by atomic mass is 15.2. The molecule has 0 saturated carbocycles. The van der Waals surface area contributed by atoms with E-state index in [1.54, 1.807) is 0 Å². The molecule has 2 heterocycles. The quantitative estimate of drug-likeness (QED) is 0.902. The Labute approximate surface area is 127 Å². The Morgan fingerprint density at radius 3 is 2.71 bits per heavy atom. The Kier molecular flexibility index (Phi) is 3.44. The number of nitrogens with zero attached hydrogens (tertiary/aromatic N) is 1. The summed E-state index contributed by atoms with van der Waals surface area (Å²) in [5.74, 6) is 0. The van der Waals surface area contributed by atoms with Crippen LogP contribution < -0.4 is 5.32 Å². The molecule has 2 aromatic rings. The van der Waals surface area contributed by atoms with Crippen LogP contribution in [0.4, 0.5) is 0 Å². The van der Waals surface area contributed by atoms with Gasteiger partial charge in [0.15, 0.2) is 0 Å². The molecule has 0 spiro atoms. The first-order valence-electron chi connectivity index (χ1n) is 8.28. The molecule has 0 aromatic heterocycles. The molecule has 2 aromatic carbocycles. The number of benzene rings is 2. The van der Waals surface area contributed by atoms with Crippen molar-refractivity contribution in [3.8, 4) is 0 Å². The van der Waals surface area contributed by atoms with Crippen LogP contribution in [-0.2, 0) is 0 Å². The van der Waals surface area contributed by atoms with Gasteiger partial charge in [-0.25, -0.2) is 0 Å². The first kappa shape index (κ1) is 13.3. The SMILES string of the molecule is CC(c1ccc2ccccc2c1)N1CCC2CCC(C1)N2. The Bertz CT molecular complexity index is 636. The summed E-state index contributed by atoms with van der Waals surface area (Å²) in [7, 11) is 0. The molecule has 0 radical (unpaired) electrons. The number of hydrogen-bond donors (Lipinski definition) is 1. The summed E-state index contributed by atoms with van der Waals surface area (Å²) in [5.41, 5.74) is 1.45. The van der Waals surface area contributed by atoms with E-state index >= 15 is 0 Å². The first-order valence-corrected chi connectivity index (χ1v) is 8.28. The lowest BCUT2D eigenvalue weighted by molar-refractivity contribution is 0.200. The van der Waals surface area contributed by atoms with Gasteiger partial charge in [0.2, 0.25) is 0 Å². The summed E-state index contributed by atoms with van der Waals surface area (Å²) in [6.45, 7) is 4.79. The van der Waals surface area contributed by atoms with Gasteiger partial charge in [-0.3, -0.25) is 4.90 Å². The van der Waals surface area contributed by atoms with E-state index in [2.05, 4.69) is 59.6 Å². The molecule has 2 aliphatic heterocycles. The van der Waals surface area contributed by atoms with Crippen LogP contribution in [0, 0.1) is 0 Å². The van der Waals surface area contributed by atoms with Crippen LogP contribution >= 0.6 is 0 Å². The molecule has 2 fully saturated rings. The van der Waals surface area contributed by atoms with Crippen molar-refractivity contribution in [2.24, 2.45) is 0 Å². The Morgan fingerprint density at radius 1 is 1.00 bits per heavy atom. The summed E-state index contributed by atoms with van der Waals surface area (Å²) in [6, 6.07) is 17.6. The minimum Gasteiger partial charge on any atom is -0.310 e. The van der Waals surface area contributed by atoms with Crippen molar-refractivity contribution in [3.05, 3.63) is 48.0 Å². The lowest BCUT2D eigenvalue weighted by Gasteiger charge is -2.30. The van der Waals surface area contributed by atoms with Crippen molar-refractivity contribution >= 4 is 10.8 Å². The fraction of sp³-hybridized carbons (Fsp3) is 0.474. The van der Waals surface area contributed by atoms with Crippen LogP contribution in [0.5, 0.6) is 0 Å². The number of likely N-dealkylation sites (tertiary alicyclic amines) is 1. The summed E-state index contributed by atoms with van der Waals surface area (Å²) >= 11 is 0. The molecule has 3 unspecified atom stereocenters. The predicted octanol–water partition coefficient (Wildman–Crippen LogP) is 3.73. The van der Waals surface area contributed by atoms with Crippen molar-refractivity contribution in [2.75, 3.05) is 13.1 Å². The fourth-order valence-corrected chi connectivity index (χ4v) is 4.00. The lowest BCUT2D eigenvalue weighted by Crippen LogP contribution is -2.36. The average molecular weight is 280 g/mol. The molecular weight excluding hydrogens is 256 g/mol. The molecule has 2 aliphatic rings. The maximum Gasteiger partial charge on any atom is 0.0320 e. The number of fused-ring (bicyclic) bond motifs is 3. The van der Waals surface area contributed by atoms with Crippen molar-refractivity contribution in [2.45, 2.75) is 44.3 Å². The standard InChI is InChI=1S/C19H24N2/c1-14(21-11-10-18-8-9-19(13-21)20-18)16-7-6-15-4-2-3-5-17(15)12-16/h2-7,12,14,18-20H,8-11,13H2,1H3. The predicted molar refractivity (Wildman–Crippen MR) is 88.5 cm³/mol. The van der Waals surface area contributed by atoms with E-state index in [9.17, 15) is 0 Å². The van der Waals surface area contributed by atoms with E-state index in [1.165, 1.54) is 48.7 Å². The highest BCUT2D eigenvalue weighted by molar-refractivity contribution is 5.83. The first-order chi connectivity index (χ1) is 10.3. The van der Waals surface area contributed by atoms with Gasteiger partial charge in [0.25, 0.3) is 0 Å². The van der Waals surface area contributed by atoms with Gasteiger partial charge in [0.05, 0.1) is 0 Å². The fourth-order valence-electron chi connectivity index (χ4n) is 4.00. The third-order valence-corrected chi connectivity index (χ3v) is 5.36. The molecule has 1 N–H and O–H groups in total. The molecule has 2 heteroatoms. The highest BCUT2D eigenvalue weighted by Gasteiger charge is 2.31. The smallest absolute Gasteiger partial charge is 0.0320 e. The van der Waals surface area contributed by atoms with Crippen LogP contribution in [0.2, 0.25) is 0 Å². The van der Waals surface area contributed by atoms with Gasteiger partial charge < -0.3 is 5.32 Å². The third kappa shape index (κ3) is 2.58. The van der Waals surface area contributed by atoms with E-state index < -0.39 is 0 Å². The molecule has 3 atom stereocenters. The molecule has 2 saturated heterocycles. The third-order valence-electron chi connectivity index (χ3n) is 5.36. The average Bonchev–Trinajstić information content (AvgIpc) is 2.85. The number of hydrogen-bond acceptors (Lipinski definition) is 2.